The highest BCUT2D eigenvalue weighted by Crippen LogP contribution is 2.36. The molecule has 1 aromatic heterocycles. The predicted octanol–water partition coefficient (Wildman–Crippen LogP) is 6.01. The number of carboxylic acid groups (broad SMARTS) is 1. The second-order valence-electron chi connectivity index (χ2n) is 9.57. The number of carbonyl (C=O) groups is 1. The summed E-state index contributed by atoms with van der Waals surface area (Å²) in [7, 11) is 0. The van der Waals surface area contributed by atoms with Crippen LogP contribution in [-0.4, -0.2) is 42.2 Å². The molecule has 0 spiro atoms. The second kappa shape index (κ2) is 9.47. The van der Waals surface area contributed by atoms with Gasteiger partial charge in [-0.25, -0.2) is 4.39 Å². The van der Waals surface area contributed by atoms with E-state index < -0.39 is 11.4 Å². The lowest BCUT2D eigenvalue weighted by Crippen LogP contribution is -2.33. The van der Waals surface area contributed by atoms with Gasteiger partial charge in [-0.15, -0.1) is 11.3 Å². The highest BCUT2D eigenvalue weighted by molar-refractivity contribution is 7.12. The zero-order valence-electron chi connectivity index (χ0n) is 19.8. The number of benzene rings is 2. The van der Waals surface area contributed by atoms with Crippen molar-refractivity contribution in [3.63, 3.8) is 0 Å². The molecule has 3 heterocycles. The van der Waals surface area contributed by atoms with E-state index in [1.807, 2.05) is 24.3 Å². The molecule has 35 heavy (non-hydrogen) atoms. The summed E-state index contributed by atoms with van der Waals surface area (Å²) in [5, 5.41) is 9.45. The molecule has 7 heteroatoms. The minimum atomic E-state index is -0.771. The van der Waals surface area contributed by atoms with E-state index in [-0.39, 0.29) is 5.82 Å². The Balaban J connectivity index is 1.25. The Morgan fingerprint density at radius 1 is 1.26 bits per heavy atom. The first-order chi connectivity index (χ1) is 16.8. The number of hydrogen-bond acceptors (Lipinski definition) is 5. The van der Waals surface area contributed by atoms with Gasteiger partial charge in [0.1, 0.15) is 30.5 Å². The van der Waals surface area contributed by atoms with Crippen LogP contribution in [0.5, 0.6) is 11.5 Å². The molecule has 1 N–H and O–H groups in total. The number of aliphatic carboxylic acids is 1. The Labute approximate surface area is 208 Å². The Morgan fingerprint density at radius 3 is 2.80 bits per heavy atom. The van der Waals surface area contributed by atoms with Crippen molar-refractivity contribution in [2.24, 2.45) is 5.41 Å². The van der Waals surface area contributed by atoms with Gasteiger partial charge in [0.25, 0.3) is 0 Å². The Morgan fingerprint density at radius 2 is 2.06 bits per heavy atom. The second-order valence-corrected chi connectivity index (χ2v) is 10.9. The standard InChI is InChI=1S/C28H28FNO4S/c1-18-23(20-6-4-3-5-7-20)13-22(35-18)16-33-21-11-25(29)24-10-19(15-34-26(24)12-21)14-30-9-8-28(2,17-30)27(31)32/h3-7,10-13H,8-9,14-17H2,1-2H3,(H,31,32). The number of likely N-dealkylation sites (tertiary alicyclic amines) is 1. The summed E-state index contributed by atoms with van der Waals surface area (Å²) >= 11 is 1.68. The molecule has 0 aliphatic carbocycles. The molecule has 1 saturated heterocycles. The van der Waals surface area contributed by atoms with E-state index >= 15 is 0 Å². The third kappa shape index (κ3) is 4.97. The van der Waals surface area contributed by atoms with Crippen molar-refractivity contribution >= 4 is 23.4 Å². The van der Waals surface area contributed by atoms with Crippen LogP contribution >= 0.6 is 11.3 Å². The summed E-state index contributed by atoms with van der Waals surface area (Å²) in [5.41, 5.74) is 2.98. The van der Waals surface area contributed by atoms with E-state index in [0.717, 1.165) is 10.5 Å². The number of fused-ring (bicyclic) bond motifs is 1. The van der Waals surface area contributed by atoms with Crippen LogP contribution in [-0.2, 0) is 11.4 Å². The van der Waals surface area contributed by atoms with Gasteiger partial charge < -0.3 is 14.6 Å². The fourth-order valence-corrected chi connectivity index (χ4v) is 5.72. The number of nitrogens with zero attached hydrogens (tertiary/aromatic N) is 1. The van der Waals surface area contributed by atoms with Crippen LogP contribution in [0.15, 0.2) is 54.1 Å². The van der Waals surface area contributed by atoms with Gasteiger partial charge >= 0.3 is 5.97 Å². The molecule has 0 amide bonds. The summed E-state index contributed by atoms with van der Waals surface area (Å²) in [4.78, 5) is 15.9. The van der Waals surface area contributed by atoms with Crippen LogP contribution < -0.4 is 9.47 Å². The van der Waals surface area contributed by atoms with Crippen molar-refractivity contribution in [2.75, 3.05) is 26.2 Å². The zero-order chi connectivity index (χ0) is 24.6. The summed E-state index contributed by atoms with van der Waals surface area (Å²) in [6, 6.07) is 15.5. The van der Waals surface area contributed by atoms with E-state index in [1.165, 1.54) is 22.1 Å². The lowest BCUT2D eigenvalue weighted by molar-refractivity contribution is -0.147. The fraction of sp³-hybridized carbons (Fsp3) is 0.321. The highest BCUT2D eigenvalue weighted by Gasteiger charge is 2.40. The molecule has 1 unspecified atom stereocenters. The van der Waals surface area contributed by atoms with Gasteiger partial charge in [-0.2, -0.15) is 0 Å². The summed E-state index contributed by atoms with van der Waals surface area (Å²) in [5.74, 6) is -0.263. The van der Waals surface area contributed by atoms with Crippen molar-refractivity contribution in [1.29, 1.82) is 0 Å². The summed E-state index contributed by atoms with van der Waals surface area (Å²) in [6.45, 7) is 6.33. The molecule has 3 aromatic rings. The van der Waals surface area contributed by atoms with Crippen LogP contribution in [0.2, 0.25) is 0 Å². The molecule has 182 valence electrons. The van der Waals surface area contributed by atoms with E-state index in [9.17, 15) is 14.3 Å². The maximum absolute atomic E-state index is 15.0. The molecule has 2 aromatic carbocycles. The number of ether oxygens (including phenoxy) is 2. The predicted molar refractivity (Wildman–Crippen MR) is 135 cm³/mol. The Kier molecular flexibility index (Phi) is 6.38. The third-order valence-corrected chi connectivity index (χ3v) is 7.78. The van der Waals surface area contributed by atoms with Crippen molar-refractivity contribution in [1.82, 2.24) is 4.90 Å². The smallest absolute Gasteiger partial charge is 0.310 e. The molecule has 0 saturated carbocycles. The molecular weight excluding hydrogens is 465 g/mol. The van der Waals surface area contributed by atoms with Crippen LogP contribution in [0.1, 0.15) is 28.7 Å². The number of halogens is 1. The Bertz CT molecular complexity index is 1290. The topological polar surface area (TPSA) is 59.0 Å². The number of hydrogen-bond donors (Lipinski definition) is 1. The molecular formula is C28H28FNO4S. The average Bonchev–Trinajstić information content (AvgIpc) is 3.41. The molecule has 5 rings (SSSR count). The third-order valence-electron chi connectivity index (χ3n) is 6.76. The van der Waals surface area contributed by atoms with Gasteiger partial charge in [-0.1, -0.05) is 30.3 Å². The molecule has 2 aliphatic heterocycles. The maximum atomic E-state index is 15.0. The van der Waals surface area contributed by atoms with Crippen LogP contribution in [0, 0.1) is 18.2 Å². The summed E-state index contributed by atoms with van der Waals surface area (Å²) < 4.78 is 26.8. The van der Waals surface area contributed by atoms with Crippen molar-refractivity contribution in [2.45, 2.75) is 26.9 Å². The molecule has 0 bridgehead atoms. The van der Waals surface area contributed by atoms with E-state index in [0.29, 0.717) is 56.3 Å². The van der Waals surface area contributed by atoms with Crippen molar-refractivity contribution in [3.8, 4) is 22.6 Å². The maximum Gasteiger partial charge on any atom is 0.310 e. The minimum absolute atomic E-state index is 0.348. The van der Waals surface area contributed by atoms with Crippen molar-refractivity contribution in [3.05, 3.63) is 75.2 Å². The number of aryl methyl sites for hydroxylation is 1. The van der Waals surface area contributed by atoms with Crippen molar-refractivity contribution < 1.29 is 23.8 Å². The summed E-state index contributed by atoms with van der Waals surface area (Å²) in [6.07, 6.45) is 2.43. The van der Waals surface area contributed by atoms with Gasteiger partial charge in [0.15, 0.2) is 0 Å². The average molecular weight is 494 g/mol. The SMILES string of the molecule is Cc1sc(COc2cc(F)c3c(c2)OCC(CN2CCC(C)(C(=O)O)C2)=C3)cc1-c1ccccc1. The van der Waals surface area contributed by atoms with Gasteiger partial charge in [0, 0.05) is 35.0 Å². The van der Waals surface area contributed by atoms with E-state index in [4.69, 9.17) is 9.47 Å². The van der Waals surface area contributed by atoms with Gasteiger partial charge in [-0.3, -0.25) is 9.69 Å². The largest absolute Gasteiger partial charge is 0.488 e. The number of carboxylic acids is 1. The van der Waals surface area contributed by atoms with Crippen LogP contribution in [0.3, 0.4) is 0 Å². The Hall–Kier alpha value is -3.16. The molecule has 0 radical (unpaired) electrons. The van der Waals surface area contributed by atoms with E-state index in [2.05, 4.69) is 30.0 Å². The molecule has 1 fully saturated rings. The van der Waals surface area contributed by atoms with Crippen LogP contribution in [0.4, 0.5) is 4.39 Å². The van der Waals surface area contributed by atoms with Gasteiger partial charge in [-0.05, 0) is 55.7 Å². The first kappa shape index (κ1) is 23.6. The molecule has 1 atom stereocenters. The van der Waals surface area contributed by atoms with E-state index in [1.54, 1.807) is 24.3 Å². The molecule has 2 aliphatic rings. The lowest BCUT2D eigenvalue weighted by atomic mass is 9.90. The first-order valence-electron chi connectivity index (χ1n) is 11.7. The fourth-order valence-electron chi connectivity index (χ4n) is 4.75. The lowest BCUT2D eigenvalue weighted by Gasteiger charge is -2.24. The first-order valence-corrected chi connectivity index (χ1v) is 12.5. The van der Waals surface area contributed by atoms with Gasteiger partial charge in [0.05, 0.1) is 11.0 Å². The monoisotopic (exact) mass is 493 g/mol. The number of rotatable bonds is 7. The zero-order valence-corrected chi connectivity index (χ0v) is 20.7. The quantitative estimate of drug-likeness (QED) is 0.437. The van der Waals surface area contributed by atoms with Crippen LogP contribution in [0.25, 0.3) is 17.2 Å². The highest BCUT2D eigenvalue weighted by atomic mass is 32.1. The number of thiophene rings is 1. The molecule has 5 nitrogen and oxygen atoms in total. The normalized spacial score (nSPS) is 19.7. The minimum Gasteiger partial charge on any atom is -0.488 e. The van der Waals surface area contributed by atoms with Gasteiger partial charge in [0.2, 0.25) is 0 Å².